The number of nitrogens with one attached hydrogen (secondary N) is 2. The quantitative estimate of drug-likeness (QED) is 0.897. The van der Waals surface area contributed by atoms with Crippen LogP contribution in [0.15, 0.2) is 12.1 Å². The lowest BCUT2D eigenvalue weighted by atomic mass is 10.1. The van der Waals surface area contributed by atoms with Gasteiger partial charge in [-0.3, -0.25) is 0 Å². The zero-order chi connectivity index (χ0) is 16.1. The topological polar surface area (TPSA) is 68.2 Å². The van der Waals surface area contributed by atoms with Crippen molar-refractivity contribution in [1.29, 1.82) is 5.26 Å². The summed E-state index contributed by atoms with van der Waals surface area (Å²) in [6.45, 7) is 1.52. The lowest BCUT2D eigenvalue weighted by Crippen LogP contribution is -2.34. The van der Waals surface area contributed by atoms with Gasteiger partial charge in [-0.05, 0) is 38.9 Å². The molecule has 0 aromatic heterocycles. The summed E-state index contributed by atoms with van der Waals surface area (Å²) >= 11 is 0. The molecule has 1 atom stereocenters. The average Bonchev–Trinajstić information content (AvgIpc) is 2.88. The van der Waals surface area contributed by atoms with Crippen molar-refractivity contribution in [2.45, 2.75) is 25.3 Å². The van der Waals surface area contributed by atoms with Crippen LogP contribution in [0.25, 0.3) is 0 Å². The van der Waals surface area contributed by atoms with E-state index >= 15 is 0 Å². The summed E-state index contributed by atoms with van der Waals surface area (Å²) < 4.78 is 27.0. The van der Waals surface area contributed by atoms with E-state index in [-0.39, 0.29) is 5.69 Å². The zero-order valence-corrected chi connectivity index (χ0v) is 12.3. The maximum absolute atomic E-state index is 13.6. The van der Waals surface area contributed by atoms with Crippen molar-refractivity contribution in [2.24, 2.45) is 0 Å². The van der Waals surface area contributed by atoms with Crippen molar-refractivity contribution in [3.8, 4) is 6.07 Å². The van der Waals surface area contributed by atoms with Crippen LogP contribution >= 0.6 is 0 Å². The summed E-state index contributed by atoms with van der Waals surface area (Å²) in [6.07, 6.45) is 3.08. The number of carbonyl (C=O) groups is 1. The van der Waals surface area contributed by atoms with Crippen molar-refractivity contribution >= 4 is 11.7 Å². The van der Waals surface area contributed by atoms with Crippen molar-refractivity contribution in [1.82, 2.24) is 10.2 Å². The molecule has 1 heterocycles. The second-order valence-corrected chi connectivity index (χ2v) is 5.37. The van der Waals surface area contributed by atoms with E-state index in [9.17, 15) is 13.6 Å². The maximum Gasteiger partial charge on any atom is 0.319 e. The number of likely N-dealkylation sites (tertiary alicyclic amines) is 1. The number of benzene rings is 1. The van der Waals surface area contributed by atoms with Gasteiger partial charge in [-0.1, -0.05) is 0 Å². The van der Waals surface area contributed by atoms with Gasteiger partial charge in [0.2, 0.25) is 0 Å². The Balaban J connectivity index is 1.84. The first-order valence-electron chi connectivity index (χ1n) is 7.15. The number of rotatable bonds is 4. The first-order chi connectivity index (χ1) is 10.5. The molecule has 22 heavy (non-hydrogen) atoms. The number of hydrogen-bond donors (Lipinski definition) is 2. The lowest BCUT2D eigenvalue weighted by molar-refractivity contribution is 0.248. The van der Waals surface area contributed by atoms with Gasteiger partial charge in [0, 0.05) is 18.7 Å². The highest BCUT2D eigenvalue weighted by atomic mass is 19.1. The molecule has 1 aromatic carbocycles. The van der Waals surface area contributed by atoms with Gasteiger partial charge in [0.05, 0.1) is 11.3 Å². The lowest BCUT2D eigenvalue weighted by Gasteiger charge is -2.19. The largest absolute Gasteiger partial charge is 0.338 e. The van der Waals surface area contributed by atoms with Crippen molar-refractivity contribution < 1.29 is 13.6 Å². The van der Waals surface area contributed by atoms with Crippen LogP contribution in [0.5, 0.6) is 0 Å². The van der Waals surface area contributed by atoms with E-state index in [1.54, 1.807) is 0 Å². The molecule has 1 aliphatic rings. The maximum atomic E-state index is 13.6. The Morgan fingerprint density at radius 3 is 2.86 bits per heavy atom. The summed E-state index contributed by atoms with van der Waals surface area (Å²) in [7, 11) is 2.05. The molecule has 1 aliphatic heterocycles. The fourth-order valence-corrected chi connectivity index (χ4v) is 2.59. The van der Waals surface area contributed by atoms with Gasteiger partial charge in [0.1, 0.15) is 17.7 Å². The number of anilines is 1. The van der Waals surface area contributed by atoms with Crippen LogP contribution in [0.4, 0.5) is 19.3 Å². The van der Waals surface area contributed by atoms with Gasteiger partial charge >= 0.3 is 6.03 Å². The summed E-state index contributed by atoms with van der Waals surface area (Å²) in [5.74, 6) is -1.71. The molecular weight excluding hydrogens is 290 g/mol. The van der Waals surface area contributed by atoms with Crippen LogP contribution in [-0.4, -0.2) is 37.1 Å². The van der Waals surface area contributed by atoms with E-state index in [0.717, 1.165) is 37.9 Å². The number of nitrogens with zero attached hydrogens (tertiary/aromatic N) is 2. The molecule has 7 heteroatoms. The molecule has 0 unspecified atom stereocenters. The van der Waals surface area contributed by atoms with Crippen molar-refractivity contribution in [2.75, 3.05) is 25.5 Å². The van der Waals surface area contributed by atoms with Crippen molar-refractivity contribution in [3.05, 3.63) is 29.3 Å². The van der Waals surface area contributed by atoms with Gasteiger partial charge in [-0.15, -0.1) is 0 Å². The number of halogens is 2. The van der Waals surface area contributed by atoms with E-state index in [4.69, 9.17) is 5.26 Å². The Hall–Kier alpha value is -2.20. The number of nitriles is 1. The number of amides is 2. The molecule has 1 fully saturated rings. The predicted molar refractivity (Wildman–Crippen MR) is 78.4 cm³/mol. The van der Waals surface area contributed by atoms with Crippen LogP contribution in [-0.2, 0) is 0 Å². The normalized spacial score (nSPS) is 18.0. The van der Waals surface area contributed by atoms with Crippen LogP contribution in [0, 0.1) is 23.0 Å². The first kappa shape index (κ1) is 16.2. The third-order valence-electron chi connectivity index (χ3n) is 3.86. The highest BCUT2D eigenvalue weighted by Gasteiger charge is 2.20. The van der Waals surface area contributed by atoms with E-state index in [2.05, 4.69) is 15.5 Å². The SMILES string of the molecule is CN1CCC[C@H]1CCNC(=O)Nc1cc(F)c(C#N)cc1F. The van der Waals surface area contributed by atoms with Gasteiger partial charge in [-0.2, -0.15) is 5.26 Å². The molecule has 2 rings (SSSR count). The third-order valence-corrected chi connectivity index (χ3v) is 3.86. The van der Waals surface area contributed by atoms with Gasteiger partial charge < -0.3 is 15.5 Å². The molecule has 0 aliphatic carbocycles. The van der Waals surface area contributed by atoms with Gasteiger partial charge in [0.25, 0.3) is 0 Å². The van der Waals surface area contributed by atoms with Gasteiger partial charge in [0.15, 0.2) is 0 Å². The Kier molecular flexibility index (Phi) is 5.28. The second kappa shape index (κ2) is 7.18. The molecule has 2 N–H and O–H groups in total. The molecule has 0 saturated carbocycles. The molecule has 0 spiro atoms. The molecule has 5 nitrogen and oxygen atoms in total. The van der Waals surface area contributed by atoms with Gasteiger partial charge in [-0.25, -0.2) is 13.6 Å². The summed E-state index contributed by atoms with van der Waals surface area (Å²) in [5, 5.41) is 13.5. The minimum absolute atomic E-state index is 0.285. The predicted octanol–water partition coefficient (Wildman–Crippen LogP) is 2.44. The highest BCUT2D eigenvalue weighted by Crippen LogP contribution is 2.19. The minimum atomic E-state index is -0.869. The molecule has 0 radical (unpaired) electrons. The van der Waals surface area contributed by atoms with E-state index in [0.29, 0.717) is 12.6 Å². The fraction of sp³-hybridized carbons (Fsp3) is 0.467. The van der Waals surface area contributed by atoms with E-state index in [1.165, 1.54) is 6.07 Å². The Morgan fingerprint density at radius 2 is 2.23 bits per heavy atom. The van der Waals surface area contributed by atoms with Crippen LogP contribution in [0.1, 0.15) is 24.8 Å². The standard InChI is InChI=1S/C15H18F2N4O/c1-21-6-2-3-11(21)4-5-19-15(22)20-14-8-12(16)10(9-18)7-13(14)17/h7-8,11H,2-6H2,1H3,(H2,19,20,22)/t11-/m0/s1. The molecule has 118 valence electrons. The molecule has 1 aromatic rings. The number of hydrogen-bond acceptors (Lipinski definition) is 3. The monoisotopic (exact) mass is 308 g/mol. The first-order valence-corrected chi connectivity index (χ1v) is 7.15. The van der Waals surface area contributed by atoms with Crippen LogP contribution in [0.3, 0.4) is 0 Å². The summed E-state index contributed by atoms with van der Waals surface area (Å²) in [5.41, 5.74) is -0.681. The van der Waals surface area contributed by atoms with E-state index < -0.39 is 23.2 Å². The van der Waals surface area contributed by atoms with E-state index in [1.807, 2.05) is 7.05 Å². The third kappa shape index (κ3) is 3.92. The number of urea groups is 1. The summed E-state index contributed by atoms with van der Waals surface area (Å²) in [4.78, 5) is 13.9. The molecule has 0 bridgehead atoms. The minimum Gasteiger partial charge on any atom is -0.338 e. The Labute approximate surface area is 127 Å². The van der Waals surface area contributed by atoms with Crippen LogP contribution in [0.2, 0.25) is 0 Å². The molecule has 1 saturated heterocycles. The zero-order valence-electron chi connectivity index (χ0n) is 12.3. The molecule has 2 amide bonds. The Morgan fingerprint density at radius 1 is 1.45 bits per heavy atom. The second-order valence-electron chi connectivity index (χ2n) is 5.37. The summed E-state index contributed by atoms with van der Waals surface area (Å²) in [6, 6.07) is 2.96. The van der Waals surface area contributed by atoms with Crippen LogP contribution < -0.4 is 10.6 Å². The average molecular weight is 308 g/mol. The van der Waals surface area contributed by atoms with Crippen molar-refractivity contribution in [3.63, 3.8) is 0 Å². The smallest absolute Gasteiger partial charge is 0.319 e. The molecular formula is C15H18F2N4O. The highest BCUT2D eigenvalue weighted by molar-refractivity contribution is 5.89. The number of carbonyl (C=O) groups excluding carboxylic acids is 1. The Bertz CT molecular complexity index is 600. The fourth-order valence-electron chi connectivity index (χ4n) is 2.59.